The monoisotopic (exact) mass is 692 g/mol. The van der Waals surface area contributed by atoms with E-state index in [-0.39, 0.29) is 0 Å². The maximum Gasteiger partial charge on any atom is 0.136 e. The second kappa shape index (κ2) is 10.8. The smallest absolute Gasteiger partial charge is 0.136 e. The highest BCUT2D eigenvalue weighted by Crippen LogP contribution is 2.53. The number of fused-ring (bicyclic) bond motifs is 9. The molecule has 1 aromatic heterocycles. The second-order valence-corrected chi connectivity index (χ2v) is 12.2. The molecule has 0 bridgehead atoms. The first kappa shape index (κ1) is 12.4. The molecule has 0 spiro atoms. The van der Waals surface area contributed by atoms with Gasteiger partial charge < -0.3 is 4.42 Å². The van der Waals surface area contributed by atoms with E-state index in [2.05, 4.69) is 0 Å². The number of hydrogen-bond donors (Lipinski definition) is 0. The molecule has 244 valence electrons. The molecule has 1 heteroatoms. The maximum absolute atomic E-state index is 10.2. The predicted molar refractivity (Wildman–Crippen MR) is 220 cm³/mol. The Morgan fingerprint density at radius 1 is 0.462 bits per heavy atom. The second-order valence-electron chi connectivity index (χ2n) is 12.2. The first-order valence-corrected chi connectivity index (χ1v) is 15.7. The van der Waals surface area contributed by atoms with Crippen molar-refractivity contribution in [2.24, 2.45) is 0 Å². The third-order valence-corrected chi connectivity index (χ3v) is 9.30. The van der Waals surface area contributed by atoms with Gasteiger partial charge in [-0.1, -0.05) is 159 Å². The average Bonchev–Trinajstić information content (AvgIpc) is 1.57. The fourth-order valence-corrected chi connectivity index (χ4v) is 7.14. The Hall–Kier alpha value is -6.44. The van der Waals surface area contributed by atoms with Crippen LogP contribution >= 0.6 is 0 Å². The van der Waals surface area contributed by atoms with Gasteiger partial charge in [0.2, 0.25) is 0 Å². The van der Waals surface area contributed by atoms with E-state index in [4.69, 9.17) is 29.1 Å². The summed E-state index contributed by atoms with van der Waals surface area (Å²) in [6.07, 6.45) is 0. The molecule has 0 saturated heterocycles. The summed E-state index contributed by atoms with van der Waals surface area (Å²) in [4.78, 5) is 0. The Kier molecular flexibility index (Phi) is 2.56. The van der Waals surface area contributed by atoms with Gasteiger partial charge in [-0.15, -0.1) is 0 Å². The van der Waals surface area contributed by atoms with Crippen LogP contribution in [0.5, 0.6) is 0 Å². The van der Waals surface area contributed by atoms with Gasteiger partial charge in [-0.25, -0.2) is 0 Å². The summed E-state index contributed by atoms with van der Waals surface area (Å²) in [6, 6.07) is -26.3. The zero-order valence-electron chi connectivity index (χ0n) is 56.5. The van der Waals surface area contributed by atoms with Crippen molar-refractivity contribution in [2.45, 2.75) is 19.2 Å². The van der Waals surface area contributed by atoms with Crippen LogP contribution in [0.4, 0.5) is 0 Å². The minimum Gasteiger partial charge on any atom is -0.456 e. The minimum atomic E-state index is -2.30. The molecule has 1 nitrogen and oxygen atoms in total. The molecule has 11 rings (SSSR count). The van der Waals surface area contributed by atoms with Crippen molar-refractivity contribution in [3.63, 3.8) is 0 Å². The van der Waals surface area contributed by atoms with Crippen molar-refractivity contribution in [2.75, 3.05) is 0 Å². The fourth-order valence-electron chi connectivity index (χ4n) is 7.14. The van der Waals surface area contributed by atoms with E-state index >= 15 is 0 Å². The number of furan rings is 1. The lowest BCUT2D eigenvalue weighted by molar-refractivity contribution is 0.662. The number of rotatable bonds is 3. The number of hydrogen-bond acceptors (Lipinski definition) is 1. The van der Waals surface area contributed by atoms with E-state index in [9.17, 15) is 16.4 Å². The Balaban J connectivity index is 1.42. The lowest BCUT2D eigenvalue weighted by Gasteiger charge is -2.25. The van der Waals surface area contributed by atoms with E-state index in [0.717, 1.165) is 0 Å². The Morgan fingerprint density at radius 3 is 1.81 bits per heavy atom. The molecule has 0 fully saturated rings. The fraction of sp³-hybridized carbons (Fsp3) is 0.0588. The molecule has 10 aromatic rings. The Bertz CT molecular complexity index is 4690. The third kappa shape index (κ3) is 4.05. The molecule has 0 saturated carbocycles. The van der Waals surface area contributed by atoms with Gasteiger partial charge in [-0.05, 0) is 112 Å². The van der Waals surface area contributed by atoms with E-state index in [1.54, 1.807) is 0 Å². The quantitative estimate of drug-likeness (QED) is 0.168. The van der Waals surface area contributed by atoms with E-state index in [1.165, 1.54) is 6.92 Å². The molecule has 1 atom stereocenters. The zero-order valence-corrected chi connectivity index (χ0v) is 26.5. The summed E-state index contributed by atoms with van der Waals surface area (Å²) in [7, 11) is 0. The summed E-state index contributed by atoms with van der Waals surface area (Å²) in [5, 5.41) is -5.33. The normalized spacial score (nSPS) is 23.3. The van der Waals surface area contributed by atoms with Crippen LogP contribution in [-0.4, -0.2) is 0 Å². The Labute approximate surface area is 344 Å². The van der Waals surface area contributed by atoms with Gasteiger partial charge in [-0.3, -0.25) is 0 Å². The first-order chi connectivity index (χ1) is 38.2. The molecular formula is C51H34O. The topological polar surface area (TPSA) is 13.1 Å². The van der Waals surface area contributed by atoms with Crippen LogP contribution in [0.2, 0.25) is 0 Å². The van der Waals surface area contributed by atoms with Crippen LogP contribution in [0.15, 0.2) is 174 Å². The lowest BCUT2D eigenvalue weighted by atomic mass is 9.78. The molecule has 0 radical (unpaired) electrons. The summed E-state index contributed by atoms with van der Waals surface area (Å²) in [5.41, 5.74) is -10.3. The Morgan fingerprint density at radius 2 is 1.04 bits per heavy atom. The van der Waals surface area contributed by atoms with Gasteiger partial charge in [0.25, 0.3) is 0 Å². The standard InChI is InChI=1S/C51H34O/c1-51(2)44-26-10-9-18-36(44)41-24-12-23-35(50(41)51)33-16-11-17-34(28-33)47-37-19-5-7-21-39(37)48(40-22-8-6-20-38(40)47)42-25-13-27-45-49(42)43-29-31-14-3-4-15-32(31)30-46(43)52-45/h3-30H,1-2H3/i1D2,3D,4D,5D,6D,7D,8D,9D,10D,11D,12D,13D,14D,15D,16D,17D,18D,19D,20D,21D,22D,23D,24D,25D,26D,27D,28D,29D,30D. The summed E-state index contributed by atoms with van der Waals surface area (Å²) >= 11 is 0. The van der Waals surface area contributed by atoms with Gasteiger partial charge in [0.1, 0.15) is 11.2 Å². The molecule has 1 heterocycles. The van der Waals surface area contributed by atoms with Gasteiger partial charge in [0.05, 0.1) is 38.4 Å². The van der Waals surface area contributed by atoms with Crippen molar-refractivity contribution in [3.05, 3.63) is 180 Å². The largest absolute Gasteiger partial charge is 0.456 e. The van der Waals surface area contributed by atoms with Gasteiger partial charge in [0, 0.05) is 18.9 Å². The van der Waals surface area contributed by atoms with Crippen LogP contribution in [-0.2, 0) is 5.41 Å². The average molecular weight is 693 g/mol. The van der Waals surface area contributed by atoms with Crippen molar-refractivity contribution in [1.29, 1.82) is 0 Å². The zero-order chi connectivity index (χ0) is 60.5. The molecule has 0 aliphatic heterocycles. The van der Waals surface area contributed by atoms with E-state index < -0.39 is 291 Å². The van der Waals surface area contributed by atoms with E-state index in [1.807, 2.05) is 0 Å². The molecule has 1 unspecified atom stereocenters. The predicted octanol–water partition coefficient (Wildman–Crippen LogP) is 14.4. The highest BCUT2D eigenvalue weighted by molar-refractivity contribution is 6.26. The van der Waals surface area contributed by atoms with E-state index in [0.29, 0.717) is 0 Å². The summed E-state index contributed by atoms with van der Waals surface area (Å²) in [6.45, 7) is -1.01. The highest BCUT2D eigenvalue weighted by atomic mass is 16.3. The van der Waals surface area contributed by atoms with Crippen LogP contribution in [0.1, 0.15) is 66.0 Å². The van der Waals surface area contributed by atoms with Crippen LogP contribution in [0.25, 0.3) is 98.8 Å². The van der Waals surface area contributed by atoms with Crippen molar-refractivity contribution in [3.8, 4) is 44.5 Å². The SMILES string of the molecule is [2H]c1c([2H])c(-c2c([2H])c([2H])c([2H])c3c2C(C)(C([2H])[2H])c2c([2H])c([2H])c([2H])c([2H])c2-3)c([2H])c(-c2c3c([2H])c([2H])c([2H])c([2H])c3c(-c3c([2H])c([2H])c([2H])c4oc5c([2H])c6c([2H])c([2H])c([2H])c([2H])c6c([2H])c5c34)c3c([2H])c([2H])c([2H])c([2H])c23)c1[2H]. The minimum absolute atomic E-state index is 0.416. The molecule has 1 aliphatic carbocycles. The van der Waals surface area contributed by atoms with Crippen LogP contribution < -0.4 is 0 Å². The molecule has 9 aromatic carbocycles. The lowest BCUT2D eigenvalue weighted by Crippen LogP contribution is -2.16. The molecule has 52 heavy (non-hydrogen) atoms. The molecular weight excluding hydrogens is 629 g/mol. The van der Waals surface area contributed by atoms with Crippen molar-refractivity contribution in [1.82, 2.24) is 0 Å². The molecule has 1 aliphatic rings. The first-order valence-electron chi connectivity index (χ1n) is 30.9. The third-order valence-electron chi connectivity index (χ3n) is 9.30. The summed E-state index contributed by atoms with van der Waals surface area (Å²) in [5.74, 6) is 0. The van der Waals surface area contributed by atoms with Gasteiger partial charge >= 0.3 is 0 Å². The van der Waals surface area contributed by atoms with Crippen LogP contribution in [0, 0.1) is 0 Å². The van der Waals surface area contributed by atoms with Gasteiger partial charge in [-0.2, -0.15) is 0 Å². The highest BCUT2D eigenvalue weighted by Gasteiger charge is 2.37. The summed E-state index contributed by atoms with van der Waals surface area (Å²) < 4.78 is 281. The number of benzene rings is 9. The van der Waals surface area contributed by atoms with Crippen molar-refractivity contribution >= 4 is 54.3 Å². The van der Waals surface area contributed by atoms with Crippen molar-refractivity contribution < 1.29 is 45.5 Å². The maximum atomic E-state index is 10.2. The molecule has 0 amide bonds. The van der Waals surface area contributed by atoms with Gasteiger partial charge in [0.15, 0.2) is 0 Å². The molecule has 0 N–H and O–H groups in total. The van der Waals surface area contributed by atoms with Crippen LogP contribution in [0.3, 0.4) is 0 Å².